The van der Waals surface area contributed by atoms with Crippen LogP contribution < -0.4 is 11.5 Å². The molecule has 2 nitrogen and oxygen atoms in total. The van der Waals surface area contributed by atoms with Gasteiger partial charge < -0.3 is 11.5 Å². The van der Waals surface area contributed by atoms with Crippen molar-refractivity contribution in [1.29, 1.82) is 0 Å². The number of halogens is 1. The van der Waals surface area contributed by atoms with Gasteiger partial charge in [0.15, 0.2) is 0 Å². The fourth-order valence-electron chi connectivity index (χ4n) is 1.08. The van der Waals surface area contributed by atoms with Crippen LogP contribution in [0, 0.1) is 12.7 Å². The van der Waals surface area contributed by atoms with Crippen LogP contribution in [-0.2, 0) is 0 Å². The van der Waals surface area contributed by atoms with Crippen LogP contribution in [0.3, 0.4) is 0 Å². The SMILES string of the molecule is Cc1cccc([C@@H](N)CN)c1F. The molecule has 0 unspecified atom stereocenters. The van der Waals surface area contributed by atoms with E-state index in [9.17, 15) is 4.39 Å². The average Bonchev–Trinajstić information content (AvgIpc) is 2.08. The first-order valence-corrected chi connectivity index (χ1v) is 3.87. The van der Waals surface area contributed by atoms with Gasteiger partial charge in [0.05, 0.1) is 0 Å². The monoisotopic (exact) mass is 168 g/mol. The summed E-state index contributed by atoms with van der Waals surface area (Å²) < 4.78 is 13.3. The molecule has 4 N–H and O–H groups in total. The van der Waals surface area contributed by atoms with E-state index in [4.69, 9.17) is 11.5 Å². The standard InChI is InChI=1S/C9H13FN2/c1-6-3-2-4-7(9(6)10)8(12)5-11/h2-4,8H,5,11-12H2,1H3/t8-/m0/s1. The van der Waals surface area contributed by atoms with E-state index in [1.807, 2.05) is 0 Å². The van der Waals surface area contributed by atoms with Crippen molar-refractivity contribution in [2.45, 2.75) is 13.0 Å². The van der Waals surface area contributed by atoms with Gasteiger partial charge in [0.25, 0.3) is 0 Å². The molecule has 0 radical (unpaired) electrons. The molecule has 0 heterocycles. The third-order valence-electron chi connectivity index (χ3n) is 1.88. The second kappa shape index (κ2) is 3.65. The van der Waals surface area contributed by atoms with Crippen molar-refractivity contribution in [2.24, 2.45) is 11.5 Å². The van der Waals surface area contributed by atoms with Crippen LogP contribution in [0.5, 0.6) is 0 Å². The van der Waals surface area contributed by atoms with Gasteiger partial charge in [0, 0.05) is 18.2 Å². The molecular formula is C9H13FN2. The maximum absolute atomic E-state index is 13.3. The second-order valence-electron chi connectivity index (χ2n) is 2.82. The molecule has 1 aromatic carbocycles. The average molecular weight is 168 g/mol. The Kier molecular flexibility index (Phi) is 2.78. The second-order valence-corrected chi connectivity index (χ2v) is 2.82. The Morgan fingerprint density at radius 1 is 1.50 bits per heavy atom. The van der Waals surface area contributed by atoms with Gasteiger partial charge in [0.1, 0.15) is 5.82 Å². The molecule has 12 heavy (non-hydrogen) atoms. The normalized spacial score (nSPS) is 13.0. The van der Waals surface area contributed by atoms with Gasteiger partial charge in [-0.1, -0.05) is 18.2 Å². The number of aryl methyl sites for hydroxylation is 1. The van der Waals surface area contributed by atoms with Crippen LogP contribution in [-0.4, -0.2) is 6.54 Å². The van der Waals surface area contributed by atoms with Crippen molar-refractivity contribution in [3.8, 4) is 0 Å². The van der Waals surface area contributed by atoms with E-state index in [0.717, 1.165) is 0 Å². The van der Waals surface area contributed by atoms with E-state index < -0.39 is 6.04 Å². The summed E-state index contributed by atoms with van der Waals surface area (Å²) in [5.41, 5.74) is 12.0. The molecule has 1 aromatic rings. The lowest BCUT2D eigenvalue weighted by atomic mass is 10.0. The molecular weight excluding hydrogens is 155 g/mol. The number of rotatable bonds is 2. The molecule has 66 valence electrons. The van der Waals surface area contributed by atoms with Crippen LogP contribution >= 0.6 is 0 Å². The van der Waals surface area contributed by atoms with Gasteiger partial charge in [-0.05, 0) is 12.5 Å². The quantitative estimate of drug-likeness (QED) is 0.694. The van der Waals surface area contributed by atoms with E-state index >= 15 is 0 Å². The zero-order valence-electron chi connectivity index (χ0n) is 7.05. The van der Waals surface area contributed by atoms with Crippen molar-refractivity contribution in [3.63, 3.8) is 0 Å². The first-order valence-electron chi connectivity index (χ1n) is 3.87. The Morgan fingerprint density at radius 2 is 2.17 bits per heavy atom. The molecule has 0 aliphatic carbocycles. The Morgan fingerprint density at radius 3 is 2.75 bits per heavy atom. The maximum Gasteiger partial charge on any atom is 0.130 e. The van der Waals surface area contributed by atoms with E-state index in [1.165, 1.54) is 0 Å². The minimum absolute atomic E-state index is 0.240. The van der Waals surface area contributed by atoms with Crippen LogP contribution in [0.15, 0.2) is 18.2 Å². The molecule has 0 aliphatic heterocycles. The summed E-state index contributed by atoms with van der Waals surface area (Å²) in [7, 11) is 0. The van der Waals surface area contributed by atoms with Gasteiger partial charge >= 0.3 is 0 Å². The summed E-state index contributed by atoms with van der Waals surface area (Å²) >= 11 is 0. The topological polar surface area (TPSA) is 52.0 Å². The fourth-order valence-corrected chi connectivity index (χ4v) is 1.08. The van der Waals surface area contributed by atoms with Crippen LogP contribution in [0.4, 0.5) is 4.39 Å². The molecule has 0 saturated carbocycles. The molecule has 1 rings (SSSR count). The predicted molar refractivity (Wildman–Crippen MR) is 47.1 cm³/mol. The number of hydrogen-bond donors (Lipinski definition) is 2. The maximum atomic E-state index is 13.3. The van der Waals surface area contributed by atoms with E-state index in [0.29, 0.717) is 11.1 Å². The molecule has 0 spiro atoms. The van der Waals surface area contributed by atoms with Gasteiger partial charge in [-0.2, -0.15) is 0 Å². The summed E-state index contributed by atoms with van der Waals surface area (Å²) in [5.74, 6) is -0.240. The van der Waals surface area contributed by atoms with Crippen LogP contribution in [0.2, 0.25) is 0 Å². The Bertz CT molecular complexity index is 273. The van der Waals surface area contributed by atoms with E-state index in [-0.39, 0.29) is 12.4 Å². The summed E-state index contributed by atoms with van der Waals surface area (Å²) in [5, 5.41) is 0. The first-order chi connectivity index (χ1) is 5.66. The Labute approximate surface area is 71.4 Å². The molecule has 0 aliphatic rings. The molecule has 0 saturated heterocycles. The highest BCUT2D eigenvalue weighted by molar-refractivity contribution is 5.27. The van der Waals surface area contributed by atoms with Crippen molar-refractivity contribution < 1.29 is 4.39 Å². The highest BCUT2D eigenvalue weighted by Gasteiger charge is 2.10. The minimum Gasteiger partial charge on any atom is -0.329 e. The third kappa shape index (κ3) is 1.62. The van der Waals surface area contributed by atoms with E-state index in [1.54, 1.807) is 25.1 Å². The van der Waals surface area contributed by atoms with Crippen molar-refractivity contribution in [1.82, 2.24) is 0 Å². The third-order valence-corrected chi connectivity index (χ3v) is 1.88. The van der Waals surface area contributed by atoms with Crippen molar-refractivity contribution >= 4 is 0 Å². The molecule has 0 bridgehead atoms. The summed E-state index contributed by atoms with van der Waals surface area (Å²) in [4.78, 5) is 0. The van der Waals surface area contributed by atoms with Crippen molar-refractivity contribution in [3.05, 3.63) is 35.1 Å². The highest BCUT2D eigenvalue weighted by atomic mass is 19.1. The molecule has 0 aromatic heterocycles. The lowest BCUT2D eigenvalue weighted by Crippen LogP contribution is -2.22. The fraction of sp³-hybridized carbons (Fsp3) is 0.333. The minimum atomic E-state index is -0.398. The Balaban J connectivity index is 3.07. The smallest absolute Gasteiger partial charge is 0.130 e. The van der Waals surface area contributed by atoms with Gasteiger partial charge in [-0.15, -0.1) is 0 Å². The Hall–Kier alpha value is -0.930. The molecule has 0 fully saturated rings. The zero-order valence-corrected chi connectivity index (χ0v) is 7.05. The number of hydrogen-bond acceptors (Lipinski definition) is 2. The number of nitrogens with two attached hydrogens (primary N) is 2. The van der Waals surface area contributed by atoms with Gasteiger partial charge in [0.2, 0.25) is 0 Å². The zero-order chi connectivity index (χ0) is 9.14. The van der Waals surface area contributed by atoms with Gasteiger partial charge in [-0.3, -0.25) is 0 Å². The summed E-state index contributed by atoms with van der Waals surface area (Å²) in [6, 6.07) is 4.76. The number of benzene rings is 1. The first kappa shape index (κ1) is 9.16. The van der Waals surface area contributed by atoms with Crippen LogP contribution in [0.1, 0.15) is 17.2 Å². The van der Waals surface area contributed by atoms with E-state index in [2.05, 4.69) is 0 Å². The molecule has 1 atom stereocenters. The summed E-state index contributed by atoms with van der Waals surface area (Å²) in [6.07, 6.45) is 0. The molecule has 0 amide bonds. The van der Waals surface area contributed by atoms with Crippen molar-refractivity contribution in [2.75, 3.05) is 6.54 Å². The van der Waals surface area contributed by atoms with Crippen LogP contribution in [0.25, 0.3) is 0 Å². The lowest BCUT2D eigenvalue weighted by molar-refractivity contribution is 0.576. The largest absolute Gasteiger partial charge is 0.329 e. The predicted octanol–water partition coefficient (Wildman–Crippen LogP) is 1.09. The highest BCUT2D eigenvalue weighted by Crippen LogP contribution is 2.16. The van der Waals surface area contributed by atoms with Gasteiger partial charge in [-0.25, -0.2) is 4.39 Å². The molecule has 3 heteroatoms. The summed E-state index contributed by atoms with van der Waals surface area (Å²) in [6.45, 7) is 1.97. The lowest BCUT2D eigenvalue weighted by Gasteiger charge is -2.10.